The molecule has 0 radical (unpaired) electrons. The topological polar surface area (TPSA) is 317 Å². The molecule has 0 aliphatic rings. The fourth-order valence-electron chi connectivity index (χ4n) is 2.77. The van der Waals surface area contributed by atoms with Gasteiger partial charge in [-0.25, -0.2) is 4.79 Å². The summed E-state index contributed by atoms with van der Waals surface area (Å²) < 4.78 is 0. The lowest BCUT2D eigenvalue weighted by atomic mass is 10.1. The molecule has 0 rings (SSSR count). The summed E-state index contributed by atoms with van der Waals surface area (Å²) in [5.74, 6) is -5.75. The summed E-state index contributed by atoms with van der Waals surface area (Å²) in [5, 5.41) is 25.4. The summed E-state index contributed by atoms with van der Waals surface area (Å²) in [7, 11) is 0. The van der Waals surface area contributed by atoms with Gasteiger partial charge in [0.05, 0.1) is 12.5 Å². The molecule has 0 saturated carbocycles. The van der Waals surface area contributed by atoms with Crippen LogP contribution in [0.25, 0.3) is 0 Å². The number of carboxylic acid groups (broad SMARTS) is 2. The zero-order valence-electron chi connectivity index (χ0n) is 20.0. The summed E-state index contributed by atoms with van der Waals surface area (Å²) in [6, 6.07) is -5.18. The van der Waals surface area contributed by atoms with Gasteiger partial charge in [0.2, 0.25) is 17.7 Å². The lowest BCUT2D eigenvalue weighted by Crippen LogP contribution is -2.57. The Labute approximate surface area is 207 Å². The molecule has 17 nitrogen and oxygen atoms in total. The maximum absolute atomic E-state index is 12.8. The highest BCUT2D eigenvalue weighted by molar-refractivity contribution is 5.95. The number of nitrogens with zero attached hydrogens (tertiary/aromatic N) is 2. The van der Waals surface area contributed by atoms with Crippen molar-refractivity contribution in [2.75, 3.05) is 13.1 Å². The highest BCUT2D eigenvalue weighted by Gasteiger charge is 2.31. The van der Waals surface area contributed by atoms with Crippen molar-refractivity contribution >= 4 is 41.6 Å². The van der Waals surface area contributed by atoms with Crippen molar-refractivity contribution in [1.82, 2.24) is 16.0 Å². The Morgan fingerprint density at radius 1 is 0.722 bits per heavy atom. The zero-order chi connectivity index (χ0) is 27.8. The second kappa shape index (κ2) is 16.5. The first-order valence-corrected chi connectivity index (χ1v) is 11.0. The van der Waals surface area contributed by atoms with E-state index in [1.54, 1.807) is 0 Å². The van der Waals surface area contributed by atoms with E-state index in [1.807, 2.05) is 0 Å². The molecule has 36 heavy (non-hydrogen) atoms. The van der Waals surface area contributed by atoms with Gasteiger partial charge in [-0.05, 0) is 32.6 Å². The Kier molecular flexibility index (Phi) is 14.6. The number of nitrogens with two attached hydrogens (primary N) is 5. The van der Waals surface area contributed by atoms with Crippen LogP contribution in [-0.4, -0.2) is 89.0 Å². The highest BCUT2D eigenvalue weighted by Crippen LogP contribution is 2.04. The van der Waals surface area contributed by atoms with Crippen molar-refractivity contribution in [2.45, 2.75) is 63.2 Å². The molecule has 0 aromatic carbocycles. The van der Waals surface area contributed by atoms with Gasteiger partial charge in [-0.1, -0.05) is 0 Å². The maximum Gasteiger partial charge on any atom is 0.326 e. The average molecular weight is 517 g/mol. The summed E-state index contributed by atoms with van der Waals surface area (Å²) >= 11 is 0. The van der Waals surface area contributed by atoms with Gasteiger partial charge >= 0.3 is 11.9 Å². The Balaban J connectivity index is 5.46. The van der Waals surface area contributed by atoms with E-state index < -0.39 is 60.2 Å². The van der Waals surface area contributed by atoms with Crippen molar-refractivity contribution in [3.05, 3.63) is 0 Å². The predicted octanol–water partition coefficient (Wildman–Crippen LogP) is -4.55. The van der Waals surface area contributed by atoms with Crippen LogP contribution in [0.3, 0.4) is 0 Å². The molecule has 0 fully saturated rings. The number of carboxylic acids is 2. The number of guanidine groups is 2. The van der Waals surface area contributed by atoms with Gasteiger partial charge in [-0.3, -0.25) is 29.2 Å². The summed E-state index contributed by atoms with van der Waals surface area (Å²) in [6.45, 7) is 1.64. The van der Waals surface area contributed by atoms with Crippen LogP contribution in [0, 0.1) is 0 Å². The molecule has 0 aliphatic carbocycles. The maximum atomic E-state index is 12.8. The lowest BCUT2D eigenvalue weighted by molar-refractivity contribution is -0.143. The highest BCUT2D eigenvalue weighted by atomic mass is 16.4. The molecule has 0 aliphatic heterocycles. The molecule has 15 N–H and O–H groups in total. The first-order chi connectivity index (χ1) is 16.7. The second-order valence-electron chi connectivity index (χ2n) is 7.81. The van der Waals surface area contributed by atoms with E-state index in [9.17, 15) is 34.2 Å². The molecule has 0 aromatic heterocycles. The smallest absolute Gasteiger partial charge is 0.326 e. The molecule has 0 bridgehead atoms. The van der Waals surface area contributed by atoms with Gasteiger partial charge in [-0.2, -0.15) is 0 Å². The van der Waals surface area contributed by atoms with Crippen LogP contribution < -0.4 is 44.6 Å². The Bertz CT molecular complexity index is 838. The van der Waals surface area contributed by atoms with E-state index >= 15 is 0 Å². The van der Waals surface area contributed by atoms with Crippen molar-refractivity contribution in [3.63, 3.8) is 0 Å². The molecule has 0 spiro atoms. The third-order valence-corrected chi connectivity index (χ3v) is 4.56. The van der Waals surface area contributed by atoms with Gasteiger partial charge in [-0.15, -0.1) is 0 Å². The number of amides is 3. The first-order valence-electron chi connectivity index (χ1n) is 11.0. The minimum absolute atomic E-state index is 0.0328. The number of carbonyl (C=O) groups excluding carboxylic acids is 3. The number of nitrogens with one attached hydrogen (secondary N) is 3. The minimum atomic E-state index is -1.64. The largest absolute Gasteiger partial charge is 0.481 e. The molecular formula is C19H36N10O7. The van der Waals surface area contributed by atoms with E-state index in [2.05, 4.69) is 25.9 Å². The normalized spacial score (nSPS) is 13.7. The summed E-state index contributed by atoms with van der Waals surface area (Å²) in [5.41, 5.74) is 26.4. The molecule has 3 amide bonds. The van der Waals surface area contributed by atoms with E-state index in [1.165, 1.54) is 6.92 Å². The lowest BCUT2D eigenvalue weighted by Gasteiger charge is -2.24. The minimum Gasteiger partial charge on any atom is -0.481 e. The van der Waals surface area contributed by atoms with Gasteiger partial charge < -0.3 is 54.8 Å². The number of aliphatic carboxylic acids is 2. The van der Waals surface area contributed by atoms with Crippen LogP contribution in [0.4, 0.5) is 0 Å². The van der Waals surface area contributed by atoms with Crippen LogP contribution in [0.2, 0.25) is 0 Å². The number of hydrogen-bond acceptors (Lipinski definition) is 8. The van der Waals surface area contributed by atoms with E-state index in [-0.39, 0.29) is 50.7 Å². The van der Waals surface area contributed by atoms with E-state index in [0.717, 1.165) is 0 Å². The van der Waals surface area contributed by atoms with Crippen LogP contribution in [0.15, 0.2) is 9.98 Å². The molecule has 0 aromatic rings. The summed E-state index contributed by atoms with van der Waals surface area (Å²) in [4.78, 5) is 67.9. The van der Waals surface area contributed by atoms with Gasteiger partial charge in [0, 0.05) is 13.1 Å². The van der Waals surface area contributed by atoms with Crippen molar-refractivity contribution in [2.24, 2.45) is 38.7 Å². The van der Waals surface area contributed by atoms with Crippen LogP contribution >= 0.6 is 0 Å². The Morgan fingerprint density at radius 3 is 1.56 bits per heavy atom. The summed E-state index contributed by atoms with van der Waals surface area (Å²) in [6.07, 6.45) is -0.428. The molecule has 4 unspecified atom stereocenters. The zero-order valence-corrected chi connectivity index (χ0v) is 20.0. The number of carbonyl (C=O) groups is 5. The SMILES string of the molecule is CC(N)C(=O)NC(CCCN=C(N)N)C(=O)NC(CC(=O)O)C(=O)NC(CCCN=C(N)N)C(=O)O. The third-order valence-electron chi connectivity index (χ3n) is 4.56. The molecular weight excluding hydrogens is 480 g/mol. The standard InChI is InChI=1S/C19H36N10O7/c1-9(20)14(32)27-10(4-2-6-25-18(21)22)15(33)29-12(8-13(30)31)16(34)28-11(17(35)36)5-3-7-26-19(23)24/h9-12H,2-8,20H2,1H3,(H,27,32)(H,28,34)(H,29,33)(H,30,31)(H,35,36)(H4,21,22,25)(H4,23,24,26). The Morgan fingerprint density at radius 2 is 1.14 bits per heavy atom. The molecule has 17 heteroatoms. The predicted molar refractivity (Wildman–Crippen MR) is 129 cm³/mol. The van der Waals surface area contributed by atoms with E-state index in [0.29, 0.717) is 0 Å². The van der Waals surface area contributed by atoms with Crippen LogP contribution in [-0.2, 0) is 24.0 Å². The quantitative estimate of drug-likeness (QED) is 0.0496. The second-order valence-corrected chi connectivity index (χ2v) is 7.81. The third kappa shape index (κ3) is 14.2. The van der Waals surface area contributed by atoms with Gasteiger partial charge in [0.1, 0.15) is 18.1 Å². The number of hydrogen-bond donors (Lipinski definition) is 10. The molecule has 204 valence electrons. The van der Waals surface area contributed by atoms with Gasteiger partial charge in [0.25, 0.3) is 0 Å². The first kappa shape index (κ1) is 31.8. The van der Waals surface area contributed by atoms with Crippen molar-refractivity contribution < 1.29 is 34.2 Å². The van der Waals surface area contributed by atoms with Crippen LogP contribution in [0.1, 0.15) is 39.0 Å². The Hall–Kier alpha value is -4.15. The number of aliphatic imine (C=N–C) groups is 2. The van der Waals surface area contributed by atoms with Gasteiger partial charge in [0.15, 0.2) is 11.9 Å². The van der Waals surface area contributed by atoms with E-state index in [4.69, 9.17) is 28.7 Å². The average Bonchev–Trinajstić information content (AvgIpc) is 2.75. The van der Waals surface area contributed by atoms with Crippen LogP contribution in [0.5, 0.6) is 0 Å². The monoisotopic (exact) mass is 516 g/mol. The van der Waals surface area contributed by atoms with Crippen molar-refractivity contribution in [1.29, 1.82) is 0 Å². The van der Waals surface area contributed by atoms with Crippen molar-refractivity contribution in [3.8, 4) is 0 Å². The molecule has 0 saturated heterocycles. The molecule has 4 atom stereocenters. The number of rotatable bonds is 17. The fraction of sp³-hybridized carbons (Fsp3) is 0.632. The molecule has 0 heterocycles. The fourth-order valence-corrected chi connectivity index (χ4v) is 2.77.